The smallest absolute Gasteiger partial charge is 0.203 e. The molecule has 0 aromatic heterocycles. The minimum atomic E-state index is -0.524. The van der Waals surface area contributed by atoms with Crippen molar-refractivity contribution in [2.24, 2.45) is 0 Å². The third-order valence-corrected chi connectivity index (χ3v) is 5.21. The van der Waals surface area contributed by atoms with Crippen LogP contribution >= 0.6 is 0 Å². The first-order valence-corrected chi connectivity index (χ1v) is 8.37. The fourth-order valence-corrected chi connectivity index (χ4v) is 4.25. The van der Waals surface area contributed by atoms with Gasteiger partial charge < -0.3 is 23.7 Å². The molecule has 1 heterocycles. The van der Waals surface area contributed by atoms with Crippen molar-refractivity contribution in [1.29, 1.82) is 0 Å². The van der Waals surface area contributed by atoms with Crippen LogP contribution in [0.25, 0.3) is 11.1 Å². The van der Waals surface area contributed by atoms with Crippen molar-refractivity contribution in [3.8, 4) is 34.1 Å². The van der Waals surface area contributed by atoms with Gasteiger partial charge in [-0.3, -0.25) is 0 Å². The lowest BCUT2D eigenvalue weighted by atomic mass is 9.87. The Bertz CT molecular complexity index is 821. The molecule has 1 spiro atoms. The van der Waals surface area contributed by atoms with Crippen LogP contribution < -0.4 is 18.9 Å². The third kappa shape index (κ3) is 1.99. The van der Waals surface area contributed by atoms with Crippen LogP contribution in [-0.4, -0.2) is 35.0 Å². The summed E-state index contributed by atoms with van der Waals surface area (Å²) in [5.41, 5.74) is 3.66. The number of hydrogen-bond donors (Lipinski definition) is 0. The second-order valence-electron chi connectivity index (χ2n) is 6.23. The van der Waals surface area contributed by atoms with Crippen molar-refractivity contribution in [3.63, 3.8) is 0 Å². The normalized spacial score (nSPS) is 20.3. The average molecular weight is 342 g/mol. The molecule has 1 unspecified atom stereocenters. The molecular weight excluding hydrogens is 320 g/mol. The zero-order valence-electron chi connectivity index (χ0n) is 15.0. The Morgan fingerprint density at radius 1 is 0.920 bits per heavy atom. The van der Waals surface area contributed by atoms with Gasteiger partial charge >= 0.3 is 0 Å². The van der Waals surface area contributed by atoms with Crippen molar-refractivity contribution >= 4 is 0 Å². The Balaban J connectivity index is 2.13. The van der Waals surface area contributed by atoms with E-state index in [1.54, 1.807) is 28.4 Å². The van der Waals surface area contributed by atoms with E-state index in [-0.39, 0.29) is 0 Å². The fraction of sp³-hybridized carbons (Fsp3) is 0.400. The van der Waals surface area contributed by atoms with Crippen molar-refractivity contribution < 1.29 is 23.7 Å². The van der Waals surface area contributed by atoms with Crippen LogP contribution in [0.4, 0.5) is 0 Å². The van der Waals surface area contributed by atoms with Crippen molar-refractivity contribution in [1.82, 2.24) is 0 Å². The van der Waals surface area contributed by atoms with Crippen molar-refractivity contribution in [3.05, 3.63) is 35.4 Å². The van der Waals surface area contributed by atoms with Gasteiger partial charge in [0.15, 0.2) is 11.5 Å². The molecule has 1 atom stereocenters. The van der Waals surface area contributed by atoms with Gasteiger partial charge in [0.2, 0.25) is 5.75 Å². The summed E-state index contributed by atoms with van der Waals surface area (Å²) >= 11 is 0. The van der Waals surface area contributed by atoms with E-state index in [2.05, 4.69) is 6.07 Å². The summed E-state index contributed by atoms with van der Waals surface area (Å²) in [5, 5.41) is 0. The number of methoxy groups -OCH3 is 4. The van der Waals surface area contributed by atoms with Gasteiger partial charge in [-0.15, -0.1) is 0 Å². The van der Waals surface area contributed by atoms with Crippen LogP contribution in [0.3, 0.4) is 0 Å². The fourth-order valence-electron chi connectivity index (χ4n) is 4.25. The number of hydrogen-bond acceptors (Lipinski definition) is 5. The molecule has 25 heavy (non-hydrogen) atoms. The summed E-state index contributed by atoms with van der Waals surface area (Å²) in [4.78, 5) is 0. The van der Waals surface area contributed by atoms with E-state index < -0.39 is 5.60 Å². The Morgan fingerprint density at radius 2 is 1.68 bits per heavy atom. The monoisotopic (exact) mass is 342 g/mol. The lowest BCUT2D eigenvalue weighted by Crippen LogP contribution is -2.24. The summed E-state index contributed by atoms with van der Waals surface area (Å²) in [6.45, 7) is 0.716. The van der Waals surface area contributed by atoms with Gasteiger partial charge in [0.05, 0.1) is 28.4 Å². The van der Waals surface area contributed by atoms with E-state index in [9.17, 15) is 0 Å². The predicted octanol–water partition coefficient (Wildman–Crippen LogP) is 3.76. The molecular formula is C20H22O5. The van der Waals surface area contributed by atoms with E-state index in [0.29, 0.717) is 23.9 Å². The molecule has 2 aromatic rings. The molecule has 1 aliphatic heterocycles. The van der Waals surface area contributed by atoms with Crippen LogP contribution in [0.15, 0.2) is 24.3 Å². The maximum Gasteiger partial charge on any atom is 0.203 e. The minimum absolute atomic E-state index is 0.524. The van der Waals surface area contributed by atoms with Crippen molar-refractivity contribution in [2.75, 3.05) is 35.0 Å². The van der Waals surface area contributed by atoms with Gasteiger partial charge in [0.25, 0.3) is 0 Å². The molecule has 5 nitrogen and oxygen atoms in total. The Labute approximate surface area is 147 Å². The summed E-state index contributed by atoms with van der Waals surface area (Å²) in [6.07, 6.45) is 1.89. The zero-order valence-corrected chi connectivity index (χ0v) is 15.0. The van der Waals surface area contributed by atoms with E-state index >= 15 is 0 Å². The van der Waals surface area contributed by atoms with Crippen LogP contribution in [0.2, 0.25) is 0 Å². The van der Waals surface area contributed by atoms with Gasteiger partial charge in [0, 0.05) is 17.7 Å². The number of fused-ring (bicyclic) bond motifs is 5. The van der Waals surface area contributed by atoms with Crippen LogP contribution in [0, 0.1) is 0 Å². The first kappa shape index (κ1) is 16.1. The molecule has 0 bridgehead atoms. The summed E-state index contributed by atoms with van der Waals surface area (Å²) in [5.74, 6) is 2.70. The average Bonchev–Trinajstić information content (AvgIpc) is 3.25. The molecule has 1 aliphatic carbocycles. The van der Waals surface area contributed by atoms with Crippen molar-refractivity contribution in [2.45, 2.75) is 18.4 Å². The molecule has 2 aliphatic rings. The first-order chi connectivity index (χ1) is 12.2. The summed E-state index contributed by atoms with van der Waals surface area (Å²) in [7, 11) is 6.59. The van der Waals surface area contributed by atoms with E-state index in [0.717, 1.165) is 40.8 Å². The van der Waals surface area contributed by atoms with Crippen LogP contribution in [0.1, 0.15) is 24.0 Å². The topological polar surface area (TPSA) is 46.2 Å². The Hall–Kier alpha value is -2.40. The quantitative estimate of drug-likeness (QED) is 0.847. The third-order valence-electron chi connectivity index (χ3n) is 5.21. The number of rotatable bonds is 4. The largest absolute Gasteiger partial charge is 0.496 e. The maximum absolute atomic E-state index is 6.34. The SMILES string of the molecule is COc1cc2c(c(OC)c1OC)C1(CCCO1)c1cccc(OC)c1-2. The molecule has 1 fully saturated rings. The Morgan fingerprint density at radius 3 is 2.28 bits per heavy atom. The molecule has 1 saturated heterocycles. The standard InChI is InChI=1S/C20H22O5/c1-21-14-8-5-7-13-16(14)12-11-15(22-2)18(23-3)19(24-4)17(12)20(13)9-6-10-25-20/h5,7-8,11H,6,9-10H2,1-4H3. The maximum atomic E-state index is 6.34. The predicted molar refractivity (Wildman–Crippen MR) is 94.1 cm³/mol. The Kier molecular flexibility index (Phi) is 3.76. The van der Waals surface area contributed by atoms with Crippen LogP contribution in [0.5, 0.6) is 23.0 Å². The van der Waals surface area contributed by atoms with E-state index in [1.807, 2.05) is 18.2 Å². The highest BCUT2D eigenvalue weighted by Gasteiger charge is 2.51. The van der Waals surface area contributed by atoms with Gasteiger partial charge in [-0.25, -0.2) is 0 Å². The van der Waals surface area contributed by atoms with Crippen LogP contribution in [-0.2, 0) is 10.3 Å². The first-order valence-electron chi connectivity index (χ1n) is 8.37. The lowest BCUT2D eigenvalue weighted by molar-refractivity contribution is 0.0375. The van der Waals surface area contributed by atoms with Gasteiger partial charge in [-0.1, -0.05) is 12.1 Å². The molecule has 132 valence electrons. The van der Waals surface area contributed by atoms with Gasteiger partial charge in [-0.2, -0.15) is 0 Å². The molecule has 0 radical (unpaired) electrons. The molecule has 4 rings (SSSR count). The molecule has 2 aromatic carbocycles. The lowest BCUT2D eigenvalue weighted by Gasteiger charge is -2.28. The second-order valence-corrected chi connectivity index (χ2v) is 6.23. The highest BCUT2D eigenvalue weighted by Crippen LogP contribution is 2.62. The zero-order chi connectivity index (χ0) is 17.6. The molecule has 0 N–H and O–H groups in total. The highest BCUT2D eigenvalue weighted by atomic mass is 16.5. The minimum Gasteiger partial charge on any atom is -0.496 e. The number of benzene rings is 2. The molecule has 0 amide bonds. The molecule has 0 saturated carbocycles. The van der Waals surface area contributed by atoms with E-state index in [1.165, 1.54) is 0 Å². The van der Waals surface area contributed by atoms with Gasteiger partial charge in [0.1, 0.15) is 11.4 Å². The summed E-state index contributed by atoms with van der Waals surface area (Å²) in [6, 6.07) is 8.09. The van der Waals surface area contributed by atoms with Gasteiger partial charge in [-0.05, 0) is 36.1 Å². The summed E-state index contributed by atoms with van der Waals surface area (Å²) < 4.78 is 28.9. The highest BCUT2D eigenvalue weighted by molar-refractivity contribution is 5.89. The van der Waals surface area contributed by atoms with E-state index in [4.69, 9.17) is 23.7 Å². The molecule has 5 heteroatoms. The second kappa shape index (κ2) is 5.85. The number of ether oxygens (including phenoxy) is 5.